The van der Waals surface area contributed by atoms with E-state index in [0.717, 1.165) is 21.0 Å². The molecular weight excluding hydrogens is 617 g/mol. The number of carbonyl (C=O) groups is 2. The maximum Gasteiger partial charge on any atom is 0.264 e. The van der Waals surface area contributed by atoms with Gasteiger partial charge in [0.15, 0.2) is 0 Å². The molecule has 230 valence electrons. The van der Waals surface area contributed by atoms with E-state index in [-0.39, 0.29) is 35.5 Å². The quantitative estimate of drug-likeness (QED) is 0.186. The molecule has 7 nitrogen and oxygen atoms in total. The van der Waals surface area contributed by atoms with Gasteiger partial charge in [0.2, 0.25) is 11.8 Å². The monoisotopic (exact) mass is 651 g/mol. The molecule has 0 aliphatic carbocycles. The molecule has 0 unspecified atom stereocenters. The standard InChI is InChI=1S/C34H35Cl2N3O4S/c1-24(2)37-34(41)32(21-26-7-5-4-6-8-26)38(22-27-11-13-28(35)14-12-27)33(40)23-39(30-17-15-29(36)16-18-30)44(42,43)31-19-9-25(3)10-20-31/h4-20,24,32H,21-23H2,1-3H3,(H,37,41)/t32-/m1/s1. The fraction of sp³-hybridized carbons (Fsp3) is 0.235. The van der Waals surface area contributed by atoms with Crippen molar-refractivity contribution >= 4 is 50.7 Å². The van der Waals surface area contributed by atoms with Gasteiger partial charge in [0.05, 0.1) is 10.6 Å². The van der Waals surface area contributed by atoms with E-state index in [2.05, 4.69) is 5.32 Å². The van der Waals surface area contributed by atoms with E-state index in [1.54, 1.807) is 60.7 Å². The Kier molecular flexibility index (Phi) is 11.1. The van der Waals surface area contributed by atoms with Crippen LogP contribution in [-0.4, -0.2) is 43.8 Å². The van der Waals surface area contributed by atoms with E-state index in [1.165, 1.54) is 17.0 Å². The molecular formula is C34H35Cl2N3O4S. The number of nitrogens with zero attached hydrogens (tertiary/aromatic N) is 2. The normalized spacial score (nSPS) is 12.0. The summed E-state index contributed by atoms with van der Waals surface area (Å²) in [6.07, 6.45) is 0.227. The molecule has 10 heteroatoms. The first kappa shape index (κ1) is 33.1. The molecule has 0 fully saturated rings. The molecule has 0 aliphatic heterocycles. The second kappa shape index (κ2) is 14.8. The molecule has 0 saturated heterocycles. The number of sulfonamides is 1. The predicted molar refractivity (Wildman–Crippen MR) is 176 cm³/mol. The van der Waals surface area contributed by atoms with Gasteiger partial charge in [-0.25, -0.2) is 8.42 Å². The Labute approximate surface area is 269 Å². The summed E-state index contributed by atoms with van der Waals surface area (Å²) in [4.78, 5) is 29.6. The molecule has 0 aliphatic rings. The first-order valence-electron chi connectivity index (χ1n) is 14.2. The van der Waals surface area contributed by atoms with Crippen molar-refractivity contribution in [3.8, 4) is 0 Å². The second-order valence-electron chi connectivity index (χ2n) is 10.8. The summed E-state index contributed by atoms with van der Waals surface area (Å²) in [5, 5.41) is 3.90. The van der Waals surface area contributed by atoms with E-state index < -0.39 is 28.5 Å². The minimum absolute atomic E-state index is 0.0356. The average Bonchev–Trinajstić information content (AvgIpc) is 2.99. The lowest BCUT2D eigenvalue weighted by Gasteiger charge is -2.34. The van der Waals surface area contributed by atoms with Gasteiger partial charge in [-0.2, -0.15) is 0 Å². The molecule has 2 amide bonds. The maximum atomic E-state index is 14.4. The van der Waals surface area contributed by atoms with Crippen LogP contribution in [0.25, 0.3) is 0 Å². The smallest absolute Gasteiger partial charge is 0.264 e. The summed E-state index contributed by atoms with van der Waals surface area (Å²) in [6.45, 7) is 5.06. The number of aryl methyl sites for hydroxylation is 1. The Morgan fingerprint density at radius 3 is 1.91 bits per heavy atom. The van der Waals surface area contributed by atoms with E-state index in [9.17, 15) is 18.0 Å². The third-order valence-electron chi connectivity index (χ3n) is 6.97. The highest BCUT2D eigenvalue weighted by molar-refractivity contribution is 7.92. The van der Waals surface area contributed by atoms with Crippen molar-refractivity contribution in [2.45, 2.75) is 50.7 Å². The fourth-order valence-electron chi connectivity index (χ4n) is 4.69. The summed E-state index contributed by atoms with van der Waals surface area (Å²) < 4.78 is 29.2. The average molecular weight is 653 g/mol. The van der Waals surface area contributed by atoms with Crippen LogP contribution < -0.4 is 9.62 Å². The Hall–Kier alpha value is -3.85. The number of anilines is 1. The Balaban J connectivity index is 1.79. The van der Waals surface area contributed by atoms with Crippen molar-refractivity contribution in [3.63, 3.8) is 0 Å². The molecule has 44 heavy (non-hydrogen) atoms. The van der Waals surface area contributed by atoms with Crippen molar-refractivity contribution in [2.24, 2.45) is 0 Å². The number of benzene rings is 4. The molecule has 1 atom stereocenters. The van der Waals surface area contributed by atoms with E-state index in [0.29, 0.717) is 10.0 Å². The second-order valence-corrected chi connectivity index (χ2v) is 13.6. The highest BCUT2D eigenvalue weighted by atomic mass is 35.5. The summed E-state index contributed by atoms with van der Waals surface area (Å²) in [5.41, 5.74) is 2.75. The van der Waals surface area contributed by atoms with Crippen molar-refractivity contribution in [2.75, 3.05) is 10.8 Å². The van der Waals surface area contributed by atoms with Crippen LogP contribution >= 0.6 is 23.2 Å². The van der Waals surface area contributed by atoms with Crippen LogP contribution in [0, 0.1) is 6.92 Å². The lowest BCUT2D eigenvalue weighted by molar-refractivity contribution is -0.140. The molecule has 4 aromatic rings. The van der Waals surface area contributed by atoms with E-state index in [4.69, 9.17) is 23.2 Å². The molecule has 0 spiro atoms. The fourth-order valence-corrected chi connectivity index (χ4v) is 6.36. The van der Waals surface area contributed by atoms with Crippen LogP contribution in [0.2, 0.25) is 10.0 Å². The van der Waals surface area contributed by atoms with Crippen molar-refractivity contribution in [1.82, 2.24) is 10.2 Å². The third kappa shape index (κ3) is 8.62. The van der Waals surface area contributed by atoms with Gasteiger partial charge in [-0.05, 0) is 80.4 Å². The third-order valence-corrected chi connectivity index (χ3v) is 9.26. The van der Waals surface area contributed by atoms with Crippen LogP contribution in [0.5, 0.6) is 0 Å². The SMILES string of the molecule is Cc1ccc(S(=O)(=O)N(CC(=O)N(Cc2ccc(Cl)cc2)[C@H](Cc2ccccc2)C(=O)NC(C)C)c2ccc(Cl)cc2)cc1. The summed E-state index contributed by atoms with van der Waals surface area (Å²) in [7, 11) is -4.19. The Morgan fingerprint density at radius 2 is 1.34 bits per heavy atom. The molecule has 4 rings (SSSR count). The van der Waals surface area contributed by atoms with Gasteiger partial charge in [-0.15, -0.1) is 0 Å². The molecule has 1 N–H and O–H groups in total. The van der Waals surface area contributed by atoms with Crippen molar-refractivity contribution in [3.05, 3.63) is 130 Å². The highest BCUT2D eigenvalue weighted by Gasteiger charge is 2.34. The minimum Gasteiger partial charge on any atom is -0.352 e. The largest absolute Gasteiger partial charge is 0.352 e. The molecule has 0 heterocycles. The van der Waals surface area contributed by atoms with Crippen molar-refractivity contribution in [1.29, 1.82) is 0 Å². The zero-order chi connectivity index (χ0) is 31.9. The van der Waals surface area contributed by atoms with Crippen LogP contribution in [0.15, 0.2) is 108 Å². The van der Waals surface area contributed by atoms with Gasteiger partial charge < -0.3 is 10.2 Å². The number of hydrogen-bond acceptors (Lipinski definition) is 4. The molecule has 0 radical (unpaired) electrons. The molecule has 0 saturated carbocycles. The molecule has 0 bridgehead atoms. The number of carbonyl (C=O) groups excluding carboxylic acids is 2. The summed E-state index contributed by atoms with van der Waals surface area (Å²) in [6, 6.07) is 27.9. The van der Waals surface area contributed by atoms with E-state index in [1.807, 2.05) is 51.1 Å². The van der Waals surface area contributed by atoms with Gasteiger partial charge in [0.25, 0.3) is 10.0 Å². The Morgan fingerprint density at radius 1 is 0.773 bits per heavy atom. The zero-order valence-corrected chi connectivity index (χ0v) is 27.1. The number of halogens is 2. The Bertz CT molecular complexity index is 1660. The van der Waals surface area contributed by atoms with Crippen LogP contribution in [0.4, 0.5) is 5.69 Å². The first-order valence-corrected chi connectivity index (χ1v) is 16.4. The number of amides is 2. The minimum atomic E-state index is -4.19. The van der Waals surface area contributed by atoms with Crippen molar-refractivity contribution < 1.29 is 18.0 Å². The predicted octanol–water partition coefficient (Wildman–Crippen LogP) is 6.66. The molecule has 4 aromatic carbocycles. The lowest BCUT2D eigenvalue weighted by Crippen LogP contribution is -2.54. The van der Waals surface area contributed by atoms with Gasteiger partial charge in [0, 0.05) is 29.1 Å². The van der Waals surface area contributed by atoms with Crippen LogP contribution in [-0.2, 0) is 32.6 Å². The topological polar surface area (TPSA) is 86.8 Å². The van der Waals surface area contributed by atoms with Crippen LogP contribution in [0.1, 0.15) is 30.5 Å². The maximum absolute atomic E-state index is 14.4. The summed E-state index contributed by atoms with van der Waals surface area (Å²) >= 11 is 12.2. The summed E-state index contributed by atoms with van der Waals surface area (Å²) in [5.74, 6) is -0.893. The number of nitrogens with one attached hydrogen (secondary N) is 1. The highest BCUT2D eigenvalue weighted by Crippen LogP contribution is 2.27. The molecule has 0 aromatic heterocycles. The number of rotatable bonds is 12. The van der Waals surface area contributed by atoms with Gasteiger partial charge >= 0.3 is 0 Å². The number of hydrogen-bond donors (Lipinski definition) is 1. The lowest BCUT2D eigenvalue weighted by atomic mass is 10.0. The zero-order valence-electron chi connectivity index (χ0n) is 24.8. The van der Waals surface area contributed by atoms with Gasteiger partial charge in [-0.3, -0.25) is 13.9 Å². The van der Waals surface area contributed by atoms with Crippen LogP contribution in [0.3, 0.4) is 0 Å². The van der Waals surface area contributed by atoms with Gasteiger partial charge in [0.1, 0.15) is 12.6 Å². The van der Waals surface area contributed by atoms with Gasteiger partial charge in [-0.1, -0.05) is 83.4 Å². The first-order chi connectivity index (χ1) is 20.9. The van der Waals surface area contributed by atoms with E-state index >= 15 is 0 Å².